The molecule has 3 fully saturated rings. The molecule has 0 bridgehead atoms. The summed E-state index contributed by atoms with van der Waals surface area (Å²) in [4.78, 5) is 30.7. The van der Waals surface area contributed by atoms with E-state index in [1.54, 1.807) is 23.1 Å². The van der Waals surface area contributed by atoms with E-state index in [0.717, 1.165) is 25.4 Å². The molecule has 1 N–H and O–H groups in total. The number of fused-ring (bicyclic) bond motifs is 1. The number of carbonyl (C=O) groups is 2. The van der Waals surface area contributed by atoms with Gasteiger partial charge in [-0.1, -0.05) is 13.0 Å². The third-order valence-electron chi connectivity index (χ3n) is 6.35. The van der Waals surface area contributed by atoms with Gasteiger partial charge in [-0.2, -0.15) is 0 Å². The summed E-state index contributed by atoms with van der Waals surface area (Å²) in [5.74, 6) is 1.63. The van der Waals surface area contributed by atoms with Crippen LogP contribution in [0.3, 0.4) is 0 Å². The van der Waals surface area contributed by atoms with E-state index in [4.69, 9.17) is 0 Å². The zero-order chi connectivity index (χ0) is 19.0. The van der Waals surface area contributed by atoms with E-state index in [9.17, 15) is 9.59 Å². The number of rotatable bonds is 5. The van der Waals surface area contributed by atoms with E-state index in [2.05, 4.69) is 41.6 Å². The minimum atomic E-state index is -0.319. The van der Waals surface area contributed by atoms with Crippen LogP contribution in [0.15, 0.2) is 17.5 Å². The SMILES string of the molecule is CC1CCN(C(CNC(=O)C2CSC3(C)CCC(=O)N23)c2cccs2)CC1. The highest BCUT2D eigenvalue weighted by Crippen LogP contribution is 2.47. The van der Waals surface area contributed by atoms with E-state index in [1.165, 1.54) is 17.7 Å². The van der Waals surface area contributed by atoms with Gasteiger partial charge in [-0.3, -0.25) is 14.5 Å². The van der Waals surface area contributed by atoms with Crippen LogP contribution in [0.5, 0.6) is 0 Å². The van der Waals surface area contributed by atoms with Gasteiger partial charge in [0.15, 0.2) is 0 Å². The summed E-state index contributed by atoms with van der Waals surface area (Å²) in [5.41, 5.74) is 0. The molecule has 3 atom stereocenters. The predicted octanol–water partition coefficient (Wildman–Crippen LogP) is 3.09. The van der Waals surface area contributed by atoms with E-state index in [1.807, 2.05) is 4.90 Å². The lowest BCUT2D eigenvalue weighted by molar-refractivity contribution is -0.138. The molecule has 3 aliphatic rings. The summed E-state index contributed by atoms with van der Waals surface area (Å²) in [5, 5.41) is 5.30. The van der Waals surface area contributed by atoms with Crippen molar-refractivity contribution in [2.24, 2.45) is 5.92 Å². The van der Waals surface area contributed by atoms with Gasteiger partial charge in [-0.15, -0.1) is 23.1 Å². The minimum absolute atomic E-state index is 0.00779. The molecular formula is C20H29N3O2S2. The Morgan fingerprint density at radius 2 is 2.19 bits per heavy atom. The number of thioether (sulfide) groups is 1. The predicted molar refractivity (Wildman–Crippen MR) is 111 cm³/mol. The van der Waals surface area contributed by atoms with Gasteiger partial charge < -0.3 is 10.2 Å². The average molecular weight is 408 g/mol. The van der Waals surface area contributed by atoms with Crippen LogP contribution in [0.4, 0.5) is 0 Å². The second kappa shape index (κ2) is 7.76. The van der Waals surface area contributed by atoms with Crippen LogP contribution in [0.25, 0.3) is 0 Å². The molecule has 4 rings (SSSR count). The lowest BCUT2D eigenvalue weighted by Crippen LogP contribution is -2.51. The number of hydrogen-bond acceptors (Lipinski definition) is 5. The van der Waals surface area contributed by atoms with Crippen molar-refractivity contribution >= 4 is 34.9 Å². The third kappa shape index (κ3) is 3.78. The molecule has 3 aliphatic heterocycles. The molecule has 7 heteroatoms. The molecule has 0 saturated carbocycles. The Kier molecular flexibility index (Phi) is 5.54. The molecule has 1 aromatic rings. The maximum absolute atomic E-state index is 13.0. The Balaban J connectivity index is 1.42. The highest BCUT2D eigenvalue weighted by atomic mass is 32.2. The Hall–Kier alpha value is -1.05. The minimum Gasteiger partial charge on any atom is -0.352 e. The molecule has 0 spiro atoms. The maximum atomic E-state index is 13.0. The second-order valence-corrected chi connectivity index (χ2v) is 10.7. The Morgan fingerprint density at radius 1 is 1.41 bits per heavy atom. The van der Waals surface area contributed by atoms with Crippen molar-refractivity contribution in [1.82, 2.24) is 15.1 Å². The molecule has 0 aromatic carbocycles. The molecule has 3 unspecified atom stereocenters. The van der Waals surface area contributed by atoms with Gasteiger partial charge in [0.05, 0.1) is 10.9 Å². The topological polar surface area (TPSA) is 52.7 Å². The number of hydrogen-bond donors (Lipinski definition) is 1. The Bertz CT molecular complexity index is 687. The van der Waals surface area contributed by atoms with Crippen molar-refractivity contribution in [2.45, 2.75) is 56.5 Å². The van der Waals surface area contributed by atoms with Crippen molar-refractivity contribution < 1.29 is 9.59 Å². The molecule has 148 valence electrons. The molecule has 27 heavy (non-hydrogen) atoms. The smallest absolute Gasteiger partial charge is 0.243 e. The van der Waals surface area contributed by atoms with Crippen LogP contribution >= 0.6 is 23.1 Å². The molecule has 4 heterocycles. The zero-order valence-electron chi connectivity index (χ0n) is 16.1. The first-order chi connectivity index (χ1) is 13.0. The first-order valence-electron chi connectivity index (χ1n) is 9.99. The number of nitrogens with one attached hydrogen (secondary N) is 1. The van der Waals surface area contributed by atoms with Gasteiger partial charge in [-0.05, 0) is 56.6 Å². The monoisotopic (exact) mass is 407 g/mol. The van der Waals surface area contributed by atoms with Crippen molar-refractivity contribution in [3.63, 3.8) is 0 Å². The van der Waals surface area contributed by atoms with Gasteiger partial charge in [0.1, 0.15) is 6.04 Å². The molecule has 3 saturated heterocycles. The summed E-state index contributed by atoms with van der Waals surface area (Å²) in [6, 6.07) is 4.17. The fraction of sp³-hybridized carbons (Fsp3) is 0.700. The van der Waals surface area contributed by atoms with Crippen LogP contribution in [-0.4, -0.2) is 57.9 Å². The average Bonchev–Trinajstić information content (AvgIpc) is 3.35. The normalized spacial score (nSPS) is 30.5. The Labute approximate surface area is 169 Å². The number of amides is 2. The number of likely N-dealkylation sites (tertiary alicyclic amines) is 1. The lowest BCUT2D eigenvalue weighted by Gasteiger charge is -2.37. The molecule has 2 amide bonds. The number of carbonyl (C=O) groups excluding carboxylic acids is 2. The first-order valence-corrected chi connectivity index (χ1v) is 11.9. The van der Waals surface area contributed by atoms with Crippen LogP contribution in [0.2, 0.25) is 0 Å². The highest BCUT2D eigenvalue weighted by molar-refractivity contribution is 8.01. The first kappa shape index (κ1) is 19.3. The van der Waals surface area contributed by atoms with Crippen molar-refractivity contribution in [1.29, 1.82) is 0 Å². The molecule has 0 radical (unpaired) electrons. The lowest BCUT2D eigenvalue weighted by atomic mass is 9.97. The van der Waals surface area contributed by atoms with Gasteiger partial charge in [-0.25, -0.2) is 0 Å². The van der Waals surface area contributed by atoms with E-state index < -0.39 is 0 Å². The summed E-state index contributed by atoms with van der Waals surface area (Å²) >= 11 is 3.51. The molecular weight excluding hydrogens is 378 g/mol. The largest absolute Gasteiger partial charge is 0.352 e. The summed E-state index contributed by atoms with van der Waals surface area (Å²) < 4.78 is 0. The number of nitrogens with zero attached hydrogens (tertiary/aromatic N) is 2. The molecule has 5 nitrogen and oxygen atoms in total. The summed E-state index contributed by atoms with van der Waals surface area (Å²) in [6.45, 7) is 7.21. The van der Waals surface area contributed by atoms with Crippen LogP contribution in [0.1, 0.15) is 50.4 Å². The zero-order valence-corrected chi connectivity index (χ0v) is 17.8. The highest BCUT2D eigenvalue weighted by Gasteiger charge is 2.52. The van der Waals surface area contributed by atoms with E-state index in [0.29, 0.717) is 18.7 Å². The number of thiophene rings is 1. The summed E-state index contributed by atoms with van der Waals surface area (Å²) in [6.07, 6.45) is 3.85. The van der Waals surface area contributed by atoms with Crippen LogP contribution in [0, 0.1) is 5.92 Å². The molecule has 0 aliphatic carbocycles. The van der Waals surface area contributed by atoms with Gasteiger partial charge in [0.2, 0.25) is 11.8 Å². The number of piperidine rings is 1. The van der Waals surface area contributed by atoms with Crippen molar-refractivity contribution in [2.75, 3.05) is 25.4 Å². The van der Waals surface area contributed by atoms with Gasteiger partial charge >= 0.3 is 0 Å². The third-order valence-corrected chi connectivity index (χ3v) is 8.83. The maximum Gasteiger partial charge on any atom is 0.243 e. The summed E-state index contributed by atoms with van der Waals surface area (Å²) in [7, 11) is 0. The fourth-order valence-corrected chi connectivity index (χ4v) is 6.85. The van der Waals surface area contributed by atoms with Crippen LogP contribution < -0.4 is 5.32 Å². The molecule has 1 aromatic heterocycles. The standard InChI is InChI=1S/C20H29N3O2S2/c1-14-6-9-22(10-7-14)15(17-4-3-11-26-17)12-21-19(25)16-13-27-20(2)8-5-18(24)23(16)20/h3-4,11,14-16H,5-10,12-13H2,1-2H3,(H,21,25). The van der Waals surface area contributed by atoms with Gasteiger partial charge in [0, 0.05) is 23.6 Å². The van der Waals surface area contributed by atoms with Crippen molar-refractivity contribution in [3.05, 3.63) is 22.4 Å². The second-order valence-electron chi connectivity index (χ2n) is 8.26. The van der Waals surface area contributed by atoms with E-state index in [-0.39, 0.29) is 28.8 Å². The quantitative estimate of drug-likeness (QED) is 0.815. The van der Waals surface area contributed by atoms with Crippen LogP contribution in [-0.2, 0) is 9.59 Å². The van der Waals surface area contributed by atoms with Crippen molar-refractivity contribution in [3.8, 4) is 0 Å². The van der Waals surface area contributed by atoms with E-state index >= 15 is 0 Å². The van der Waals surface area contributed by atoms with Gasteiger partial charge in [0.25, 0.3) is 0 Å². The Morgan fingerprint density at radius 3 is 2.89 bits per heavy atom. The fourth-order valence-electron chi connectivity index (χ4n) is 4.56.